The summed E-state index contributed by atoms with van der Waals surface area (Å²) in [6.07, 6.45) is 8.63. The number of hydrogen-bond acceptors (Lipinski definition) is 3. The van der Waals surface area contributed by atoms with Crippen molar-refractivity contribution in [1.29, 1.82) is 0 Å². The summed E-state index contributed by atoms with van der Waals surface area (Å²) in [5, 5.41) is 0. The number of ether oxygens (including phenoxy) is 3. The number of alkyl halides is 6. The van der Waals surface area contributed by atoms with Gasteiger partial charge in [0.25, 0.3) is 0 Å². The van der Waals surface area contributed by atoms with E-state index < -0.39 is 13.4 Å². The van der Waals surface area contributed by atoms with Crippen LogP contribution in [0.5, 0.6) is 0 Å². The van der Waals surface area contributed by atoms with Gasteiger partial charge in [-0.05, 0) is 6.08 Å². The molecule has 1 rings (SSSR count). The van der Waals surface area contributed by atoms with Crippen molar-refractivity contribution < 1.29 is 14.2 Å². The Morgan fingerprint density at radius 3 is 1.62 bits per heavy atom. The zero-order valence-corrected chi connectivity index (χ0v) is 16.0. The second-order valence-electron chi connectivity index (χ2n) is 3.93. The first-order valence-electron chi connectivity index (χ1n) is 5.69. The molecule has 3 nitrogen and oxygen atoms in total. The van der Waals surface area contributed by atoms with Gasteiger partial charge in [-0.1, -0.05) is 87.8 Å². The Kier molecular flexibility index (Phi) is 10.6. The van der Waals surface area contributed by atoms with Crippen LogP contribution in [0.2, 0.25) is 0 Å². The second kappa shape index (κ2) is 10.1. The fraction of sp³-hybridized carbons (Fsp3) is 0.667. The quantitative estimate of drug-likeness (QED) is 0.460. The van der Waals surface area contributed by atoms with Crippen molar-refractivity contribution in [1.82, 2.24) is 0 Å². The van der Waals surface area contributed by atoms with E-state index in [-0.39, 0.29) is 13.2 Å². The molecule has 0 fully saturated rings. The van der Waals surface area contributed by atoms with Crippen LogP contribution in [0, 0.1) is 0 Å². The first kappa shape index (κ1) is 22.1. The van der Waals surface area contributed by atoms with Gasteiger partial charge in [0.05, 0.1) is 13.2 Å². The second-order valence-corrected chi connectivity index (χ2v) is 8.97. The van der Waals surface area contributed by atoms with E-state index in [1.165, 1.54) is 0 Å². The summed E-state index contributed by atoms with van der Waals surface area (Å²) < 4.78 is 12.2. The van der Waals surface area contributed by atoms with Crippen molar-refractivity contribution in [2.75, 3.05) is 27.4 Å². The molecule has 0 aliphatic heterocycles. The summed E-state index contributed by atoms with van der Waals surface area (Å²) in [7, 11) is 3.29. The molecule has 0 N–H and O–H groups in total. The molecule has 0 atom stereocenters. The highest BCUT2D eigenvalue weighted by atomic mass is 35.6. The lowest BCUT2D eigenvalue weighted by Gasteiger charge is -2.27. The van der Waals surface area contributed by atoms with Crippen LogP contribution in [-0.4, -0.2) is 40.8 Å². The van der Waals surface area contributed by atoms with Crippen LogP contribution in [-0.2, 0) is 14.2 Å². The first-order valence-corrected chi connectivity index (χ1v) is 7.96. The van der Waals surface area contributed by atoms with Crippen LogP contribution >= 0.6 is 69.6 Å². The highest BCUT2D eigenvalue weighted by Crippen LogP contribution is 2.29. The maximum absolute atomic E-state index is 5.34. The van der Waals surface area contributed by atoms with Crippen molar-refractivity contribution in [2.45, 2.75) is 19.8 Å². The normalized spacial score (nSPS) is 17.3. The number of allylic oxidation sites excluding steroid dienone is 2. The lowest BCUT2D eigenvalue weighted by atomic mass is 10.1. The van der Waals surface area contributed by atoms with Crippen LogP contribution in [0.4, 0.5) is 0 Å². The summed E-state index contributed by atoms with van der Waals surface area (Å²) in [5.41, 5.74) is 0. The van der Waals surface area contributed by atoms with Crippen LogP contribution in [0.15, 0.2) is 24.3 Å². The van der Waals surface area contributed by atoms with Gasteiger partial charge in [0.15, 0.2) is 5.79 Å². The van der Waals surface area contributed by atoms with Crippen molar-refractivity contribution in [2.24, 2.45) is 0 Å². The standard InChI is InChI=1S/C8H12O2.C4H4Cl6O/c1-9-8(10-2)6-4-3-5-7-8;5-3(6,7)1-11-2-4(8,9)10/h3-6H,7H2,1-2H3;1-2H2. The van der Waals surface area contributed by atoms with Gasteiger partial charge in [-0.3, -0.25) is 0 Å². The van der Waals surface area contributed by atoms with E-state index in [0.29, 0.717) is 0 Å². The fourth-order valence-electron chi connectivity index (χ4n) is 1.25. The van der Waals surface area contributed by atoms with Gasteiger partial charge in [-0.15, -0.1) is 0 Å². The van der Waals surface area contributed by atoms with Crippen LogP contribution < -0.4 is 0 Å². The van der Waals surface area contributed by atoms with Gasteiger partial charge >= 0.3 is 0 Å². The molecule has 0 heterocycles. The third-order valence-corrected chi connectivity index (χ3v) is 2.88. The van der Waals surface area contributed by atoms with E-state index in [9.17, 15) is 0 Å². The van der Waals surface area contributed by atoms with Crippen LogP contribution in [0.1, 0.15) is 6.42 Å². The molecule has 0 amide bonds. The topological polar surface area (TPSA) is 27.7 Å². The highest BCUT2D eigenvalue weighted by molar-refractivity contribution is 6.68. The monoisotopic (exact) mass is 418 g/mol. The van der Waals surface area contributed by atoms with Crippen LogP contribution in [0.25, 0.3) is 0 Å². The molecule has 124 valence electrons. The largest absolute Gasteiger partial charge is 0.373 e. The van der Waals surface area contributed by atoms with Gasteiger partial charge in [0.2, 0.25) is 7.59 Å². The van der Waals surface area contributed by atoms with E-state index in [1.54, 1.807) is 14.2 Å². The van der Waals surface area contributed by atoms with Crippen molar-refractivity contribution in [3.8, 4) is 0 Å². The maximum Gasteiger partial charge on any atom is 0.213 e. The average molecular weight is 421 g/mol. The third-order valence-electron chi connectivity index (χ3n) is 2.22. The molecule has 1 aliphatic carbocycles. The zero-order chi connectivity index (χ0) is 16.6. The molecule has 21 heavy (non-hydrogen) atoms. The third kappa shape index (κ3) is 12.2. The van der Waals surface area contributed by atoms with Gasteiger partial charge in [0, 0.05) is 20.6 Å². The smallest absolute Gasteiger partial charge is 0.213 e. The van der Waals surface area contributed by atoms with Crippen LogP contribution in [0.3, 0.4) is 0 Å². The lowest BCUT2D eigenvalue weighted by molar-refractivity contribution is -0.167. The van der Waals surface area contributed by atoms with Gasteiger partial charge in [0.1, 0.15) is 0 Å². The molecule has 1 aliphatic rings. The summed E-state index contributed by atoms with van der Waals surface area (Å²) in [6.45, 7) is -0.211. The molecular weight excluding hydrogens is 405 g/mol. The average Bonchev–Trinajstić information content (AvgIpc) is 2.37. The Morgan fingerprint density at radius 1 is 0.905 bits per heavy atom. The molecule has 0 spiro atoms. The molecule has 0 unspecified atom stereocenters. The predicted molar refractivity (Wildman–Crippen MR) is 91.0 cm³/mol. The minimum Gasteiger partial charge on any atom is -0.373 e. The number of halogens is 6. The highest BCUT2D eigenvalue weighted by Gasteiger charge is 2.25. The van der Waals surface area contributed by atoms with E-state index in [0.717, 1.165) is 6.42 Å². The number of hydrogen-bond donors (Lipinski definition) is 0. The minimum atomic E-state index is -1.46. The number of methoxy groups -OCH3 is 2. The van der Waals surface area contributed by atoms with Gasteiger partial charge in [-0.2, -0.15) is 0 Å². The Hall–Kier alpha value is 1.10. The Labute approximate surface area is 155 Å². The minimum absolute atomic E-state index is 0.106. The first-order chi connectivity index (χ1) is 9.54. The zero-order valence-electron chi connectivity index (χ0n) is 11.4. The molecule has 0 bridgehead atoms. The van der Waals surface area contributed by atoms with E-state index in [1.807, 2.05) is 24.3 Å². The predicted octanol–water partition coefficient (Wildman–Crippen LogP) is 5.24. The molecule has 0 aromatic heterocycles. The summed E-state index contributed by atoms with van der Waals surface area (Å²) >= 11 is 32.0. The van der Waals surface area contributed by atoms with E-state index in [2.05, 4.69) is 0 Å². The molecule has 0 aromatic carbocycles. The summed E-state index contributed by atoms with van der Waals surface area (Å²) in [5.74, 6) is -0.505. The van der Waals surface area contributed by atoms with E-state index >= 15 is 0 Å². The Bertz CT molecular complexity index is 328. The van der Waals surface area contributed by atoms with Gasteiger partial charge in [-0.25, -0.2) is 0 Å². The number of rotatable bonds is 4. The summed E-state index contributed by atoms with van der Waals surface area (Å²) in [4.78, 5) is 0. The molecular formula is C12H16Cl6O3. The summed E-state index contributed by atoms with van der Waals surface area (Å²) in [6, 6.07) is 0. The SMILES string of the molecule is COC1(OC)C=CC=CC1.ClC(Cl)(Cl)COCC(Cl)(Cl)Cl. The molecule has 0 saturated heterocycles. The van der Waals surface area contributed by atoms with Crippen molar-refractivity contribution in [3.05, 3.63) is 24.3 Å². The van der Waals surface area contributed by atoms with Crippen molar-refractivity contribution >= 4 is 69.6 Å². The fourth-order valence-corrected chi connectivity index (χ4v) is 1.71. The molecule has 0 radical (unpaired) electrons. The Morgan fingerprint density at radius 2 is 1.38 bits per heavy atom. The maximum atomic E-state index is 5.34. The van der Waals surface area contributed by atoms with Crippen molar-refractivity contribution in [3.63, 3.8) is 0 Å². The molecule has 0 saturated carbocycles. The lowest BCUT2D eigenvalue weighted by Crippen LogP contribution is -2.31. The van der Waals surface area contributed by atoms with Gasteiger partial charge < -0.3 is 14.2 Å². The molecule has 9 heteroatoms. The van der Waals surface area contributed by atoms with E-state index in [4.69, 9.17) is 83.8 Å². The Balaban J connectivity index is 0.000000382. The molecule has 0 aromatic rings.